The Labute approximate surface area is 206 Å². The lowest BCUT2D eigenvalue weighted by molar-refractivity contribution is -0.115. The molecule has 1 amide bonds. The van der Waals surface area contributed by atoms with Crippen LogP contribution >= 0.6 is 11.8 Å². The number of carbonyl (C=O) groups excluding carboxylic acids is 1. The highest BCUT2D eigenvalue weighted by atomic mass is 32.2. The number of rotatable bonds is 7. The van der Waals surface area contributed by atoms with Crippen molar-refractivity contribution >= 4 is 34.3 Å². The van der Waals surface area contributed by atoms with E-state index in [9.17, 15) is 9.59 Å². The highest BCUT2D eigenvalue weighted by molar-refractivity contribution is 8.00. The van der Waals surface area contributed by atoms with Gasteiger partial charge in [-0.3, -0.25) is 14.2 Å². The molecule has 0 aliphatic rings. The van der Waals surface area contributed by atoms with Gasteiger partial charge >= 0.3 is 0 Å². The zero-order valence-corrected chi connectivity index (χ0v) is 19.9. The van der Waals surface area contributed by atoms with Gasteiger partial charge in [-0.1, -0.05) is 71.9 Å². The quantitative estimate of drug-likeness (QED) is 0.234. The first-order chi connectivity index (χ1) is 17.1. The van der Waals surface area contributed by atoms with E-state index in [2.05, 4.69) is 5.32 Å². The van der Waals surface area contributed by atoms with Gasteiger partial charge in [-0.25, -0.2) is 4.98 Å². The lowest BCUT2D eigenvalue weighted by atomic mass is 10.1. The van der Waals surface area contributed by atoms with Crippen molar-refractivity contribution in [2.45, 2.75) is 23.9 Å². The number of fused-ring (bicyclic) bond motifs is 1. The number of anilines is 1. The number of carbonyl (C=O) groups is 1. The topological polar surface area (TPSA) is 77.1 Å². The first kappa shape index (κ1) is 22.7. The predicted octanol–water partition coefficient (Wildman–Crippen LogP) is 5.82. The Morgan fingerprint density at radius 3 is 2.46 bits per heavy atom. The normalized spacial score (nSPS) is 11.9. The first-order valence-electron chi connectivity index (χ1n) is 11.2. The number of furan rings is 1. The molecule has 0 aliphatic heterocycles. The van der Waals surface area contributed by atoms with Gasteiger partial charge in [0.2, 0.25) is 5.91 Å². The highest BCUT2D eigenvalue weighted by Gasteiger charge is 2.25. The van der Waals surface area contributed by atoms with Crippen LogP contribution in [0.2, 0.25) is 0 Å². The Balaban J connectivity index is 1.57. The minimum Gasteiger partial charge on any atom is -0.467 e. The van der Waals surface area contributed by atoms with Crippen molar-refractivity contribution in [1.29, 1.82) is 0 Å². The van der Waals surface area contributed by atoms with Crippen molar-refractivity contribution in [3.05, 3.63) is 124 Å². The number of thioether (sulfide) groups is 1. The second kappa shape index (κ2) is 10.0. The second-order valence-electron chi connectivity index (χ2n) is 8.15. The van der Waals surface area contributed by atoms with Crippen LogP contribution in [-0.2, 0) is 11.3 Å². The number of para-hydroxylation sites is 1. The van der Waals surface area contributed by atoms with E-state index < -0.39 is 5.25 Å². The van der Waals surface area contributed by atoms with E-state index in [1.165, 1.54) is 11.8 Å². The van der Waals surface area contributed by atoms with E-state index in [1.807, 2.05) is 85.8 Å². The molecule has 1 unspecified atom stereocenters. The third-order valence-corrected chi connectivity index (χ3v) is 6.85. The molecule has 0 bridgehead atoms. The van der Waals surface area contributed by atoms with E-state index in [1.54, 1.807) is 23.0 Å². The maximum Gasteiger partial charge on any atom is 0.262 e. The van der Waals surface area contributed by atoms with Crippen LogP contribution in [0, 0.1) is 6.92 Å². The lowest BCUT2D eigenvalue weighted by Crippen LogP contribution is -2.25. The fourth-order valence-electron chi connectivity index (χ4n) is 3.79. The van der Waals surface area contributed by atoms with E-state index in [0.717, 1.165) is 11.1 Å². The van der Waals surface area contributed by atoms with Crippen LogP contribution in [0.3, 0.4) is 0 Å². The van der Waals surface area contributed by atoms with E-state index >= 15 is 0 Å². The summed E-state index contributed by atoms with van der Waals surface area (Å²) in [6.07, 6.45) is 1.57. The largest absolute Gasteiger partial charge is 0.467 e. The fourth-order valence-corrected chi connectivity index (χ4v) is 4.88. The maximum atomic E-state index is 13.5. The smallest absolute Gasteiger partial charge is 0.262 e. The monoisotopic (exact) mass is 481 g/mol. The molecule has 3 aromatic carbocycles. The molecular formula is C28H23N3O3S. The van der Waals surface area contributed by atoms with Crippen molar-refractivity contribution in [2.75, 3.05) is 5.32 Å². The molecule has 2 heterocycles. The number of amides is 1. The van der Waals surface area contributed by atoms with Crippen LogP contribution in [0.1, 0.15) is 22.1 Å². The summed E-state index contributed by atoms with van der Waals surface area (Å²) in [6, 6.07) is 28.0. The zero-order valence-electron chi connectivity index (χ0n) is 19.0. The van der Waals surface area contributed by atoms with Gasteiger partial charge in [0.15, 0.2) is 5.16 Å². The molecule has 0 saturated carbocycles. The van der Waals surface area contributed by atoms with Gasteiger partial charge in [-0.15, -0.1) is 0 Å². The Morgan fingerprint density at radius 2 is 1.71 bits per heavy atom. The Bertz CT molecular complexity index is 1510. The molecule has 35 heavy (non-hydrogen) atoms. The average Bonchev–Trinajstić information content (AvgIpc) is 3.40. The zero-order chi connectivity index (χ0) is 24.2. The summed E-state index contributed by atoms with van der Waals surface area (Å²) in [7, 11) is 0. The number of hydrogen-bond donors (Lipinski definition) is 1. The molecule has 5 aromatic rings. The Kier molecular flexibility index (Phi) is 6.50. The molecule has 0 fully saturated rings. The third kappa shape index (κ3) is 5.05. The molecule has 5 rings (SSSR count). The van der Waals surface area contributed by atoms with Crippen molar-refractivity contribution in [1.82, 2.24) is 9.55 Å². The van der Waals surface area contributed by atoms with Crippen molar-refractivity contribution < 1.29 is 9.21 Å². The molecular weight excluding hydrogens is 458 g/mol. The van der Waals surface area contributed by atoms with Crippen LogP contribution < -0.4 is 10.9 Å². The molecule has 6 nitrogen and oxygen atoms in total. The van der Waals surface area contributed by atoms with Gasteiger partial charge < -0.3 is 9.73 Å². The molecule has 0 aliphatic carbocycles. The molecule has 7 heteroatoms. The third-order valence-electron chi connectivity index (χ3n) is 5.60. The number of nitrogens with zero attached hydrogens (tertiary/aromatic N) is 2. The molecule has 174 valence electrons. The van der Waals surface area contributed by atoms with Crippen LogP contribution in [-0.4, -0.2) is 15.5 Å². The summed E-state index contributed by atoms with van der Waals surface area (Å²) < 4.78 is 7.08. The van der Waals surface area contributed by atoms with Gasteiger partial charge in [0.25, 0.3) is 5.56 Å². The van der Waals surface area contributed by atoms with Gasteiger partial charge in [0.05, 0.1) is 23.7 Å². The van der Waals surface area contributed by atoms with E-state index in [0.29, 0.717) is 27.5 Å². The van der Waals surface area contributed by atoms with Crippen molar-refractivity contribution in [3.8, 4) is 0 Å². The summed E-state index contributed by atoms with van der Waals surface area (Å²) in [5.74, 6) is 0.434. The standard InChI is InChI=1S/C28H23N3O3S/c1-19-13-15-21(16-14-19)29-26(32)25(20-8-3-2-4-9-20)35-28-30-24-12-6-5-11-23(24)27(33)31(28)18-22-10-7-17-34-22/h2-17,25H,18H2,1H3,(H,29,32). The number of aromatic nitrogens is 2. The van der Waals surface area contributed by atoms with E-state index in [4.69, 9.17) is 9.40 Å². The van der Waals surface area contributed by atoms with Gasteiger partial charge in [-0.05, 0) is 48.9 Å². The summed E-state index contributed by atoms with van der Waals surface area (Å²) in [5, 5.41) is 3.34. The number of hydrogen-bond acceptors (Lipinski definition) is 5. The summed E-state index contributed by atoms with van der Waals surface area (Å²) in [5.41, 5.74) is 3.04. The van der Waals surface area contributed by atoms with Crippen LogP contribution in [0.25, 0.3) is 10.9 Å². The first-order valence-corrected chi connectivity index (χ1v) is 12.1. The van der Waals surface area contributed by atoms with Crippen LogP contribution in [0.15, 0.2) is 112 Å². The molecule has 1 N–H and O–H groups in total. The highest BCUT2D eigenvalue weighted by Crippen LogP contribution is 2.36. The second-order valence-corrected chi connectivity index (χ2v) is 9.22. The van der Waals surface area contributed by atoms with Gasteiger partial charge in [0, 0.05) is 5.69 Å². The van der Waals surface area contributed by atoms with Gasteiger partial charge in [-0.2, -0.15) is 0 Å². The minimum absolute atomic E-state index is 0.180. The van der Waals surface area contributed by atoms with Crippen LogP contribution in [0.5, 0.6) is 0 Å². The minimum atomic E-state index is -0.631. The number of benzene rings is 3. The maximum absolute atomic E-state index is 13.5. The molecule has 0 saturated heterocycles. The molecule has 1 atom stereocenters. The van der Waals surface area contributed by atoms with Gasteiger partial charge in [0.1, 0.15) is 11.0 Å². The van der Waals surface area contributed by atoms with E-state index in [-0.39, 0.29) is 18.0 Å². The lowest BCUT2D eigenvalue weighted by Gasteiger charge is -2.19. The number of aryl methyl sites for hydroxylation is 1. The summed E-state index contributed by atoms with van der Waals surface area (Å²) >= 11 is 1.25. The fraction of sp³-hybridized carbons (Fsp3) is 0.107. The predicted molar refractivity (Wildman–Crippen MR) is 139 cm³/mol. The summed E-state index contributed by atoms with van der Waals surface area (Å²) in [4.78, 5) is 31.8. The molecule has 2 aromatic heterocycles. The Hall–Kier alpha value is -4.10. The molecule has 0 spiro atoms. The van der Waals surface area contributed by atoms with Crippen molar-refractivity contribution in [3.63, 3.8) is 0 Å². The van der Waals surface area contributed by atoms with Crippen molar-refractivity contribution in [2.24, 2.45) is 0 Å². The number of nitrogens with one attached hydrogen (secondary N) is 1. The van der Waals surface area contributed by atoms with Crippen LogP contribution in [0.4, 0.5) is 5.69 Å². The Morgan fingerprint density at radius 1 is 0.971 bits per heavy atom. The average molecular weight is 482 g/mol. The summed E-state index contributed by atoms with van der Waals surface area (Å²) in [6.45, 7) is 2.21. The molecule has 0 radical (unpaired) electrons. The SMILES string of the molecule is Cc1ccc(NC(=O)C(Sc2nc3ccccc3c(=O)n2Cc2ccco2)c2ccccc2)cc1.